The van der Waals surface area contributed by atoms with E-state index in [0.29, 0.717) is 26.4 Å². The predicted octanol–water partition coefficient (Wildman–Crippen LogP) is 6.01. The summed E-state index contributed by atoms with van der Waals surface area (Å²) in [7, 11) is 0. The summed E-state index contributed by atoms with van der Waals surface area (Å²) in [5.74, 6) is 0.399. The Bertz CT molecular complexity index is 1170. The first kappa shape index (κ1) is 24.3. The molecule has 4 rings (SSSR count). The number of rotatable bonds is 9. The Kier molecular flexibility index (Phi) is 7.57. The summed E-state index contributed by atoms with van der Waals surface area (Å²) in [6, 6.07) is 20.0. The van der Waals surface area contributed by atoms with Gasteiger partial charge in [0.15, 0.2) is 0 Å². The Morgan fingerprint density at radius 1 is 1.06 bits per heavy atom. The van der Waals surface area contributed by atoms with Crippen molar-refractivity contribution in [1.82, 2.24) is 0 Å². The average molecular weight is 481 g/mol. The van der Waals surface area contributed by atoms with Crippen LogP contribution in [0, 0.1) is 13.8 Å². The molecule has 1 heterocycles. The van der Waals surface area contributed by atoms with Crippen molar-refractivity contribution in [1.29, 1.82) is 0 Å². The van der Waals surface area contributed by atoms with Crippen LogP contribution in [-0.2, 0) is 31.2 Å². The molecule has 1 saturated heterocycles. The lowest BCUT2D eigenvalue weighted by Crippen LogP contribution is -2.50. The predicted molar refractivity (Wildman–Crippen MR) is 132 cm³/mol. The third-order valence-electron chi connectivity index (χ3n) is 6.11. The molecule has 1 aliphatic rings. The van der Waals surface area contributed by atoms with Crippen LogP contribution >= 0.6 is 11.6 Å². The van der Waals surface area contributed by atoms with Crippen molar-refractivity contribution in [2.24, 2.45) is 0 Å². The lowest BCUT2D eigenvalue weighted by molar-refractivity contribution is -0.221. The van der Waals surface area contributed by atoms with Gasteiger partial charge in [0.25, 0.3) is 0 Å². The van der Waals surface area contributed by atoms with Gasteiger partial charge in [-0.25, -0.2) is 4.79 Å². The highest BCUT2D eigenvalue weighted by Gasteiger charge is 2.43. The number of ether oxygens (including phenoxy) is 4. The molecule has 0 atom stereocenters. The molecule has 178 valence electrons. The second kappa shape index (κ2) is 10.6. The van der Waals surface area contributed by atoms with Crippen LogP contribution in [0.5, 0.6) is 5.75 Å². The number of benzene rings is 3. The number of aryl methyl sites for hydroxylation is 1. The fraction of sp³-hybridized carbons (Fsp3) is 0.321. The minimum Gasteiger partial charge on any atom is -0.489 e. The zero-order valence-electron chi connectivity index (χ0n) is 19.7. The van der Waals surface area contributed by atoms with Crippen LogP contribution in [-0.4, -0.2) is 32.4 Å². The van der Waals surface area contributed by atoms with Gasteiger partial charge in [-0.05, 0) is 78.4 Å². The fourth-order valence-electron chi connectivity index (χ4n) is 4.21. The van der Waals surface area contributed by atoms with E-state index in [2.05, 4.69) is 25.1 Å². The van der Waals surface area contributed by atoms with Gasteiger partial charge in [0, 0.05) is 5.02 Å². The number of halogens is 1. The third-order valence-corrected chi connectivity index (χ3v) is 6.34. The van der Waals surface area contributed by atoms with Gasteiger partial charge in [-0.2, -0.15) is 0 Å². The van der Waals surface area contributed by atoms with Crippen LogP contribution in [0.3, 0.4) is 0 Å². The molecule has 3 aromatic carbocycles. The maximum Gasteiger partial charge on any atom is 0.332 e. The summed E-state index contributed by atoms with van der Waals surface area (Å²) in [5, 5.41) is 0.718. The molecule has 0 aliphatic carbocycles. The maximum absolute atomic E-state index is 11.8. The van der Waals surface area contributed by atoms with E-state index in [9.17, 15) is 4.79 Å². The van der Waals surface area contributed by atoms with Crippen molar-refractivity contribution in [3.8, 4) is 16.9 Å². The van der Waals surface area contributed by atoms with E-state index in [0.717, 1.165) is 44.2 Å². The van der Waals surface area contributed by atoms with Crippen molar-refractivity contribution in [3.05, 3.63) is 87.9 Å². The van der Waals surface area contributed by atoms with Gasteiger partial charge in [0.05, 0.1) is 19.8 Å². The van der Waals surface area contributed by atoms with Crippen LogP contribution in [0.25, 0.3) is 11.1 Å². The molecule has 0 saturated carbocycles. The van der Waals surface area contributed by atoms with E-state index in [4.69, 9.17) is 30.5 Å². The highest BCUT2D eigenvalue weighted by Crippen LogP contribution is 2.37. The van der Waals surface area contributed by atoms with Crippen LogP contribution in [0.4, 0.5) is 0 Å². The lowest BCUT2D eigenvalue weighted by Gasteiger charge is -2.42. The molecule has 0 unspecified atom stereocenters. The van der Waals surface area contributed by atoms with Crippen molar-refractivity contribution in [3.63, 3.8) is 0 Å². The first-order valence-electron chi connectivity index (χ1n) is 11.4. The second-order valence-corrected chi connectivity index (χ2v) is 8.88. The minimum atomic E-state index is -0.628. The van der Waals surface area contributed by atoms with Crippen molar-refractivity contribution in [2.75, 3.05) is 26.4 Å². The van der Waals surface area contributed by atoms with E-state index in [1.165, 1.54) is 0 Å². The number of hydrogen-bond acceptors (Lipinski definition) is 5. The van der Waals surface area contributed by atoms with Gasteiger partial charge in [0.1, 0.15) is 24.6 Å². The summed E-state index contributed by atoms with van der Waals surface area (Å²) in [5.41, 5.74) is 5.89. The SMILES string of the molecule is CCOC(=O)COC1(c2ccc(OCc3cccc(-c4cccc(Cl)c4)c3C)cc2C)COC1. The van der Waals surface area contributed by atoms with Crippen molar-refractivity contribution < 1.29 is 23.7 Å². The van der Waals surface area contributed by atoms with Gasteiger partial charge in [-0.3, -0.25) is 0 Å². The molecular weight excluding hydrogens is 452 g/mol. The quantitative estimate of drug-likeness (QED) is 0.351. The Morgan fingerprint density at radius 2 is 1.85 bits per heavy atom. The second-order valence-electron chi connectivity index (χ2n) is 8.45. The van der Waals surface area contributed by atoms with Crippen LogP contribution in [0.2, 0.25) is 5.02 Å². The molecule has 0 N–H and O–H groups in total. The molecule has 0 radical (unpaired) electrons. The van der Waals surface area contributed by atoms with Gasteiger partial charge in [-0.15, -0.1) is 0 Å². The molecule has 0 spiro atoms. The number of carbonyl (C=O) groups is 1. The zero-order chi connectivity index (χ0) is 24.1. The molecule has 34 heavy (non-hydrogen) atoms. The number of hydrogen-bond donors (Lipinski definition) is 0. The van der Waals surface area contributed by atoms with Gasteiger partial charge in [-0.1, -0.05) is 48.0 Å². The molecule has 5 nitrogen and oxygen atoms in total. The number of carbonyl (C=O) groups excluding carboxylic acids is 1. The minimum absolute atomic E-state index is 0.100. The highest BCUT2D eigenvalue weighted by molar-refractivity contribution is 6.30. The molecular formula is C28H29ClO5. The van der Waals surface area contributed by atoms with Crippen molar-refractivity contribution in [2.45, 2.75) is 33.0 Å². The summed E-state index contributed by atoms with van der Waals surface area (Å²) in [6.45, 7) is 7.39. The van der Waals surface area contributed by atoms with E-state index >= 15 is 0 Å². The molecule has 3 aromatic rings. The summed E-state index contributed by atoms with van der Waals surface area (Å²) >= 11 is 6.19. The van der Waals surface area contributed by atoms with Gasteiger partial charge in [0.2, 0.25) is 0 Å². The fourth-order valence-corrected chi connectivity index (χ4v) is 4.40. The Hall–Kier alpha value is -2.86. The molecule has 6 heteroatoms. The normalized spacial score (nSPS) is 14.4. The van der Waals surface area contributed by atoms with E-state index in [1.807, 2.05) is 49.4 Å². The van der Waals surface area contributed by atoms with E-state index in [1.54, 1.807) is 6.92 Å². The van der Waals surface area contributed by atoms with Gasteiger partial charge < -0.3 is 18.9 Å². The molecule has 0 aromatic heterocycles. The first-order chi connectivity index (χ1) is 16.4. The monoisotopic (exact) mass is 480 g/mol. The topological polar surface area (TPSA) is 54.0 Å². The molecule has 0 bridgehead atoms. The standard InChI is InChI=1S/C28H29ClO5/c1-4-32-27(30)16-34-28(17-31-18-28)26-12-11-24(13-19(26)2)33-15-22-8-6-10-25(20(22)3)21-7-5-9-23(29)14-21/h5-14H,4,15-18H2,1-3H3. The Labute approximate surface area is 205 Å². The van der Waals surface area contributed by atoms with E-state index < -0.39 is 5.60 Å². The lowest BCUT2D eigenvalue weighted by atomic mass is 9.88. The molecule has 0 amide bonds. The van der Waals surface area contributed by atoms with Crippen LogP contribution in [0.15, 0.2) is 60.7 Å². The third kappa shape index (κ3) is 5.27. The zero-order valence-corrected chi connectivity index (χ0v) is 20.5. The Balaban J connectivity index is 1.46. The molecule has 1 fully saturated rings. The maximum atomic E-state index is 11.8. The van der Waals surface area contributed by atoms with Crippen LogP contribution < -0.4 is 4.74 Å². The summed E-state index contributed by atoms with van der Waals surface area (Å²) in [4.78, 5) is 11.8. The number of esters is 1. The van der Waals surface area contributed by atoms with Crippen molar-refractivity contribution >= 4 is 17.6 Å². The summed E-state index contributed by atoms with van der Waals surface area (Å²) in [6.07, 6.45) is 0. The van der Waals surface area contributed by atoms with E-state index in [-0.39, 0.29) is 12.6 Å². The molecule has 1 aliphatic heterocycles. The van der Waals surface area contributed by atoms with Gasteiger partial charge >= 0.3 is 5.97 Å². The smallest absolute Gasteiger partial charge is 0.332 e. The largest absolute Gasteiger partial charge is 0.489 e. The average Bonchev–Trinajstić information content (AvgIpc) is 2.79. The van der Waals surface area contributed by atoms with Crippen LogP contribution in [0.1, 0.15) is 29.2 Å². The first-order valence-corrected chi connectivity index (χ1v) is 11.8. The summed E-state index contributed by atoms with van der Waals surface area (Å²) < 4.78 is 22.5. The highest BCUT2D eigenvalue weighted by atomic mass is 35.5. The Morgan fingerprint density at radius 3 is 2.53 bits per heavy atom.